The Hall–Kier alpha value is -3.25. The average Bonchev–Trinajstić information content (AvgIpc) is 2.82. The largest absolute Gasteiger partial charge is 0.497 e. The van der Waals surface area contributed by atoms with Crippen molar-refractivity contribution in [2.75, 3.05) is 18.6 Å². The Kier molecular flexibility index (Phi) is 7.27. The number of benzene rings is 3. The van der Waals surface area contributed by atoms with Crippen LogP contribution in [0.25, 0.3) is 11.1 Å². The number of halogens is 3. The van der Waals surface area contributed by atoms with Gasteiger partial charge >= 0.3 is 0 Å². The van der Waals surface area contributed by atoms with Crippen LogP contribution in [0.2, 0.25) is 5.02 Å². The first-order valence-corrected chi connectivity index (χ1v) is 11.4. The summed E-state index contributed by atoms with van der Waals surface area (Å²) in [7, 11) is 1.34. The van der Waals surface area contributed by atoms with Crippen molar-refractivity contribution in [2.24, 2.45) is 5.92 Å². The van der Waals surface area contributed by atoms with E-state index >= 15 is 0 Å². The van der Waals surface area contributed by atoms with Crippen molar-refractivity contribution >= 4 is 29.0 Å². The Labute approximate surface area is 202 Å². The number of amides is 1. The fourth-order valence-corrected chi connectivity index (χ4v) is 4.45. The predicted octanol–water partition coefficient (Wildman–Crippen LogP) is 6.24. The Morgan fingerprint density at radius 1 is 1.06 bits per heavy atom. The van der Waals surface area contributed by atoms with E-state index in [1.165, 1.54) is 7.11 Å². The molecule has 1 saturated heterocycles. The molecule has 0 bridgehead atoms. The lowest BCUT2D eigenvalue weighted by Gasteiger charge is -2.32. The third-order valence-electron chi connectivity index (χ3n) is 6.06. The number of carbonyl (C=O) groups is 2. The van der Waals surface area contributed by atoms with Gasteiger partial charge in [0.1, 0.15) is 23.2 Å². The van der Waals surface area contributed by atoms with Crippen molar-refractivity contribution in [3.63, 3.8) is 0 Å². The molecule has 0 aromatic heterocycles. The summed E-state index contributed by atoms with van der Waals surface area (Å²) in [6.07, 6.45) is 1.86. The molecule has 1 fully saturated rings. The zero-order valence-electron chi connectivity index (χ0n) is 18.7. The van der Waals surface area contributed by atoms with Gasteiger partial charge in [-0.05, 0) is 48.2 Å². The maximum atomic E-state index is 14.4. The van der Waals surface area contributed by atoms with Crippen LogP contribution in [-0.4, -0.2) is 25.3 Å². The van der Waals surface area contributed by atoms with Crippen LogP contribution in [0.1, 0.15) is 24.8 Å². The summed E-state index contributed by atoms with van der Waals surface area (Å²) in [5, 5.41) is 0.609. The van der Waals surface area contributed by atoms with E-state index in [4.69, 9.17) is 16.3 Å². The molecule has 34 heavy (non-hydrogen) atoms. The van der Waals surface area contributed by atoms with Gasteiger partial charge in [0, 0.05) is 48.1 Å². The molecular weight excluding hydrogens is 460 g/mol. The van der Waals surface area contributed by atoms with Crippen molar-refractivity contribution in [1.82, 2.24) is 0 Å². The van der Waals surface area contributed by atoms with Gasteiger partial charge in [-0.1, -0.05) is 35.9 Å². The number of ether oxygens (including phenoxy) is 1. The fraction of sp³-hybridized carbons (Fsp3) is 0.259. The highest BCUT2D eigenvalue weighted by Gasteiger charge is 2.31. The molecule has 0 saturated carbocycles. The molecule has 4 rings (SSSR count). The number of piperidine rings is 1. The van der Waals surface area contributed by atoms with Crippen molar-refractivity contribution in [1.29, 1.82) is 0 Å². The van der Waals surface area contributed by atoms with E-state index in [1.54, 1.807) is 41.3 Å². The highest BCUT2D eigenvalue weighted by Crippen LogP contribution is 2.33. The number of nitrogens with zero attached hydrogens (tertiary/aromatic N) is 1. The molecular formula is C27H24ClF2NO3. The number of ketones is 1. The lowest BCUT2D eigenvalue weighted by atomic mass is 9.90. The minimum atomic E-state index is -0.724. The van der Waals surface area contributed by atoms with E-state index in [1.807, 2.05) is 12.1 Å². The number of methoxy groups -OCH3 is 1. The predicted molar refractivity (Wildman–Crippen MR) is 128 cm³/mol. The van der Waals surface area contributed by atoms with E-state index in [-0.39, 0.29) is 41.8 Å². The quantitative estimate of drug-likeness (QED) is 0.399. The summed E-state index contributed by atoms with van der Waals surface area (Å²) in [6, 6.07) is 15.9. The SMILES string of the molecule is COc1cc(F)c(-c2ccc(N3CCC[C@H](CC(=O)Cc4ccc(Cl)cc4)C3=O)cc2)c(F)c1. The number of carbonyl (C=O) groups excluding carboxylic acids is 2. The number of Topliss-reactive ketones (excluding diaryl/α,β-unsaturated/α-hetero) is 1. The summed E-state index contributed by atoms with van der Waals surface area (Å²) < 4.78 is 33.8. The maximum Gasteiger partial charge on any atom is 0.230 e. The van der Waals surface area contributed by atoms with Gasteiger partial charge in [-0.3, -0.25) is 9.59 Å². The van der Waals surface area contributed by atoms with Crippen LogP contribution in [0.4, 0.5) is 14.5 Å². The lowest BCUT2D eigenvalue weighted by molar-refractivity contribution is -0.128. The van der Waals surface area contributed by atoms with Crippen molar-refractivity contribution < 1.29 is 23.1 Å². The third-order valence-corrected chi connectivity index (χ3v) is 6.31. The minimum Gasteiger partial charge on any atom is -0.497 e. The highest BCUT2D eigenvalue weighted by atomic mass is 35.5. The van der Waals surface area contributed by atoms with Gasteiger partial charge in [0.2, 0.25) is 5.91 Å². The molecule has 0 radical (unpaired) electrons. The van der Waals surface area contributed by atoms with Gasteiger partial charge in [-0.15, -0.1) is 0 Å². The Balaban J connectivity index is 1.45. The van der Waals surface area contributed by atoms with Crippen LogP contribution in [0.3, 0.4) is 0 Å². The first-order valence-electron chi connectivity index (χ1n) is 11.1. The van der Waals surface area contributed by atoms with Crippen LogP contribution < -0.4 is 9.64 Å². The highest BCUT2D eigenvalue weighted by molar-refractivity contribution is 6.30. The molecule has 3 aromatic carbocycles. The van der Waals surface area contributed by atoms with E-state index in [0.717, 1.165) is 24.1 Å². The van der Waals surface area contributed by atoms with Crippen LogP contribution >= 0.6 is 11.6 Å². The first kappa shape index (κ1) is 23.9. The molecule has 0 unspecified atom stereocenters. The molecule has 0 aliphatic carbocycles. The topological polar surface area (TPSA) is 46.6 Å². The Bertz CT molecular complexity index is 1170. The zero-order valence-corrected chi connectivity index (χ0v) is 19.4. The lowest BCUT2D eigenvalue weighted by Crippen LogP contribution is -2.42. The molecule has 176 valence electrons. The summed E-state index contributed by atoms with van der Waals surface area (Å²) in [6.45, 7) is 0.533. The fourth-order valence-electron chi connectivity index (χ4n) is 4.32. The maximum absolute atomic E-state index is 14.4. The standard InChI is InChI=1S/C27H24ClF2NO3/c1-34-23-15-24(29)26(25(30)16-23)18-6-10-21(11-7-18)31-12-2-3-19(27(31)33)14-22(32)13-17-4-8-20(28)9-5-17/h4-11,15-16,19H,2-3,12-14H2,1H3/t19-/m1/s1. The van der Waals surface area contributed by atoms with Crippen LogP contribution in [0.5, 0.6) is 5.75 Å². The van der Waals surface area contributed by atoms with E-state index in [0.29, 0.717) is 29.2 Å². The molecule has 1 atom stereocenters. The van der Waals surface area contributed by atoms with E-state index < -0.39 is 11.6 Å². The molecule has 1 heterocycles. The second kappa shape index (κ2) is 10.3. The first-order chi connectivity index (χ1) is 16.4. The van der Waals surface area contributed by atoms with Crippen LogP contribution in [0.15, 0.2) is 60.7 Å². The molecule has 7 heteroatoms. The monoisotopic (exact) mass is 483 g/mol. The van der Waals surface area contributed by atoms with Crippen molar-refractivity contribution in [2.45, 2.75) is 25.7 Å². The summed E-state index contributed by atoms with van der Waals surface area (Å²) >= 11 is 5.89. The number of anilines is 1. The van der Waals surface area contributed by atoms with Crippen LogP contribution in [0, 0.1) is 17.6 Å². The van der Waals surface area contributed by atoms with Crippen molar-refractivity contribution in [3.05, 3.63) is 82.9 Å². The molecule has 1 aliphatic rings. The third kappa shape index (κ3) is 5.28. The number of hydrogen-bond donors (Lipinski definition) is 0. The van der Waals surface area contributed by atoms with Gasteiger partial charge in [-0.2, -0.15) is 0 Å². The smallest absolute Gasteiger partial charge is 0.230 e. The molecule has 0 spiro atoms. The summed E-state index contributed by atoms with van der Waals surface area (Å²) in [5.74, 6) is -1.83. The molecule has 1 amide bonds. The minimum absolute atomic E-state index is 0.00308. The van der Waals surface area contributed by atoms with Gasteiger partial charge in [0.15, 0.2) is 0 Å². The normalized spacial score (nSPS) is 15.9. The summed E-state index contributed by atoms with van der Waals surface area (Å²) in [4.78, 5) is 27.3. The van der Waals surface area contributed by atoms with Gasteiger partial charge in [-0.25, -0.2) is 8.78 Å². The molecule has 4 nitrogen and oxygen atoms in total. The average molecular weight is 484 g/mol. The Morgan fingerprint density at radius 2 is 1.71 bits per heavy atom. The summed E-state index contributed by atoms with van der Waals surface area (Å²) in [5.41, 5.74) is 1.71. The van der Waals surface area contributed by atoms with Gasteiger partial charge in [0.25, 0.3) is 0 Å². The molecule has 3 aromatic rings. The van der Waals surface area contributed by atoms with E-state index in [2.05, 4.69) is 0 Å². The zero-order chi connectivity index (χ0) is 24.2. The second-order valence-electron chi connectivity index (χ2n) is 8.39. The van der Waals surface area contributed by atoms with Crippen molar-refractivity contribution in [3.8, 4) is 16.9 Å². The Morgan fingerprint density at radius 3 is 2.32 bits per heavy atom. The second-order valence-corrected chi connectivity index (χ2v) is 8.82. The van der Waals surface area contributed by atoms with Gasteiger partial charge in [0.05, 0.1) is 12.7 Å². The number of rotatable bonds is 7. The van der Waals surface area contributed by atoms with Gasteiger partial charge < -0.3 is 9.64 Å². The molecule has 1 aliphatic heterocycles. The number of hydrogen-bond acceptors (Lipinski definition) is 3. The molecule has 0 N–H and O–H groups in total. The van der Waals surface area contributed by atoms with Crippen LogP contribution in [-0.2, 0) is 16.0 Å². The van der Waals surface area contributed by atoms with E-state index in [9.17, 15) is 18.4 Å².